The zero-order valence-corrected chi connectivity index (χ0v) is 17.7. The van der Waals surface area contributed by atoms with E-state index in [1.807, 2.05) is 48.5 Å². The van der Waals surface area contributed by atoms with Crippen LogP contribution in [0.3, 0.4) is 0 Å². The number of nitrogens with zero attached hydrogens (tertiary/aromatic N) is 3. The maximum atomic E-state index is 13.9. The largest absolute Gasteiger partial charge is 0.368 e. The number of anilines is 2. The van der Waals surface area contributed by atoms with E-state index in [0.29, 0.717) is 13.1 Å². The maximum absolute atomic E-state index is 13.9. The van der Waals surface area contributed by atoms with Crippen LogP contribution in [0.5, 0.6) is 0 Å². The van der Waals surface area contributed by atoms with Crippen LogP contribution in [0.4, 0.5) is 16.2 Å². The van der Waals surface area contributed by atoms with Gasteiger partial charge in [-0.1, -0.05) is 36.4 Å². The van der Waals surface area contributed by atoms with Crippen molar-refractivity contribution < 1.29 is 14.4 Å². The van der Waals surface area contributed by atoms with E-state index in [4.69, 9.17) is 0 Å². The Balaban J connectivity index is 1.64. The first kappa shape index (κ1) is 19.6. The molecule has 5 rings (SSSR count). The van der Waals surface area contributed by atoms with E-state index in [2.05, 4.69) is 21.2 Å². The molecule has 1 spiro atoms. The highest BCUT2D eigenvalue weighted by atomic mass is 16.2. The number of imide groups is 2. The monoisotopic (exact) mass is 418 g/mol. The van der Waals surface area contributed by atoms with Crippen LogP contribution < -0.4 is 15.1 Å². The Labute approximate surface area is 181 Å². The summed E-state index contributed by atoms with van der Waals surface area (Å²) >= 11 is 0. The zero-order chi connectivity index (χ0) is 21.8. The molecule has 31 heavy (non-hydrogen) atoms. The van der Waals surface area contributed by atoms with Crippen molar-refractivity contribution in [2.75, 3.05) is 29.4 Å². The van der Waals surface area contributed by atoms with Crippen LogP contribution in [0.1, 0.15) is 19.4 Å². The first-order chi connectivity index (χ1) is 14.9. The molecule has 0 unspecified atom stereocenters. The molecule has 2 aromatic carbocycles. The molecule has 7 nitrogen and oxygen atoms in total. The van der Waals surface area contributed by atoms with Crippen molar-refractivity contribution in [2.24, 2.45) is 5.41 Å². The van der Waals surface area contributed by atoms with E-state index in [0.717, 1.165) is 23.5 Å². The minimum Gasteiger partial charge on any atom is -0.368 e. The fourth-order valence-electron chi connectivity index (χ4n) is 5.32. The number of piperazine rings is 1. The van der Waals surface area contributed by atoms with Gasteiger partial charge < -0.3 is 9.80 Å². The van der Waals surface area contributed by atoms with E-state index in [-0.39, 0.29) is 18.5 Å². The molecule has 1 N–H and O–H groups in total. The lowest BCUT2D eigenvalue weighted by Gasteiger charge is -2.56. The molecule has 160 valence electrons. The fraction of sp³-hybridized carbons (Fsp3) is 0.375. The van der Waals surface area contributed by atoms with Gasteiger partial charge in [0.25, 0.3) is 0 Å². The Hall–Kier alpha value is -3.35. The number of carbonyl (C=O) groups is 3. The lowest BCUT2D eigenvalue weighted by molar-refractivity contribution is -0.154. The summed E-state index contributed by atoms with van der Waals surface area (Å²) in [5.74, 6) is -0.880. The number of benzene rings is 2. The molecule has 2 aromatic rings. The molecule has 2 fully saturated rings. The second-order valence-electron chi connectivity index (χ2n) is 8.80. The van der Waals surface area contributed by atoms with Gasteiger partial charge in [-0.15, -0.1) is 0 Å². The SMILES string of the molecule is CC(C)N1C(=O)NC(=O)[C@]2(Cc3ccccc3N3CCN(c4ccccc4)C[C@H]32)C1=O. The summed E-state index contributed by atoms with van der Waals surface area (Å²) in [4.78, 5) is 45.5. The Morgan fingerprint density at radius 1 is 0.968 bits per heavy atom. The van der Waals surface area contributed by atoms with Gasteiger partial charge in [0.2, 0.25) is 11.8 Å². The van der Waals surface area contributed by atoms with Crippen molar-refractivity contribution in [1.82, 2.24) is 10.2 Å². The van der Waals surface area contributed by atoms with Crippen LogP contribution in [0, 0.1) is 5.41 Å². The number of carbonyl (C=O) groups excluding carboxylic acids is 3. The first-order valence-corrected chi connectivity index (χ1v) is 10.8. The molecule has 7 heteroatoms. The summed E-state index contributed by atoms with van der Waals surface area (Å²) in [7, 11) is 0. The van der Waals surface area contributed by atoms with Crippen molar-refractivity contribution in [1.29, 1.82) is 0 Å². The van der Waals surface area contributed by atoms with E-state index in [1.165, 1.54) is 4.90 Å². The van der Waals surface area contributed by atoms with Gasteiger partial charge in [0, 0.05) is 37.1 Å². The quantitative estimate of drug-likeness (QED) is 0.759. The predicted octanol–water partition coefficient (Wildman–Crippen LogP) is 2.41. The van der Waals surface area contributed by atoms with E-state index in [9.17, 15) is 14.4 Å². The topological polar surface area (TPSA) is 73.0 Å². The van der Waals surface area contributed by atoms with Gasteiger partial charge in [0.1, 0.15) is 0 Å². The van der Waals surface area contributed by atoms with Crippen molar-refractivity contribution in [3.63, 3.8) is 0 Å². The molecule has 0 radical (unpaired) electrons. The lowest BCUT2D eigenvalue weighted by Crippen LogP contribution is -2.75. The van der Waals surface area contributed by atoms with E-state index in [1.54, 1.807) is 13.8 Å². The second-order valence-corrected chi connectivity index (χ2v) is 8.80. The number of hydrogen-bond acceptors (Lipinski definition) is 5. The van der Waals surface area contributed by atoms with Crippen molar-refractivity contribution >= 4 is 29.2 Å². The Kier molecular flexibility index (Phi) is 4.50. The minimum atomic E-state index is -1.35. The molecular weight excluding hydrogens is 392 g/mol. The molecule has 0 bridgehead atoms. The van der Waals surface area contributed by atoms with Gasteiger partial charge in [-0.3, -0.25) is 19.8 Å². The lowest BCUT2D eigenvalue weighted by atomic mass is 9.67. The number of urea groups is 1. The standard InChI is InChI=1S/C24H26N4O3/c1-16(2)28-22(30)24(21(29)25-23(28)31)14-17-8-6-7-11-19(17)27-13-12-26(15-20(24)27)18-9-4-3-5-10-18/h3-11,16,20H,12-15H2,1-2H3,(H,25,29,31)/t20-,24+/m0/s1. The van der Waals surface area contributed by atoms with Gasteiger partial charge in [-0.25, -0.2) is 4.79 Å². The van der Waals surface area contributed by atoms with Gasteiger partial charge in [0.05, 0.1) is 6.04 Å². The summed E-state index contributed by atoms with van der Waals surface area (Å²) in [6, 6.07) is 16.7. The summed E-state index contributed by atoms with van der Waals surface area (Å²) in [5, 5.41) is 2.50. The summed E-state index contributed by atoms with van der Waals surface area (Å²) in [5.41, 5.74) is 1.75. The number of nitrogens with one attached hydrogen (secondary N) is 1. The van der Waals surface area contributed by atoms with Gasteiger partial charge >= 0.3 is 6.03 Å². The molecule has 3 aliphatic heterocycles. The molecule has 2 atom stereocenters. The minimum absolute atomic E-state index is 0.286. The normalized spacial score (nSPS) is 25.6. The van der Waals surface area contributed by atoms with Crippen LogP contribution >= 0.6 is 0 Å². The number of para-hydroxylation sites is 2. The van der Waals surface area contributed by atoms with E-state index >= 15 is 0 Å². The molecule has 2 saturated heterocycles. The van der Waals surface area contributed by atoms with Crippen LogP contribution in [-0.4, -0.2) is 54.5 Å². The van der Waals surface area contributed by atoms with Crippen LogP contribution in [0.2, 0.25) is 0 Å². The average Bonchev–Trinajstić information content (AvgIpc) is 2.77. The third-order valence-corrected chi connectivity index (χ3v) is 6.80. The third kappa shape index (κ3) is 2.83. The van der Waals surface area contributed by atoms with Crippen molar-refractivity contribution in [2.45, 2.75) is 32.4 Å². The molecule has 4 amide bonds. The molecule has 0 saturated carbocycles. The Bertz CT molecular complexity index is 1050. The highest BCUT2D eigenvalue weighted by Crippen LogP contribution is 2.46. The molecule has 3 aliphatic rings. The molecule has 0 aromatic heterocycles. The maximum Gasteiger partial charge on any atom is 0.331 e. The predicted molar refractivity (Wildman–Crippen MR) is 118 cm³/mol. The number of fused-ring (bicyclic) bond motifs is 4. The number of barbiturate groups is 1. The number of hydrogen-bond donors (Lipinski definition) is 1. The zero-order valence-electron chi connectivity index (χ0n) is 17.7. The third-order valence-electron chi connectivity index (χ3n) is 6.80. The summed E-state index contributed by atoms with van der Waals surface area (Å²) < 4.78 is 0. The average molecular weight is 418 g/mol. The van der Waals surface area contributed by atoms with Crippen LogP contribution in [0.25, 0.3) is 0 Å². The van der Waals surface area contributed by atoms with Gasteiger partial charge in [0.15, 0.2) is 5.41 Å². The fourth-order valence-corrected chi connectivity index (χ4v) is 5.32. The molecule has 0 aliphatic carbocycles. The Morgan fingerprint density at radius 3 is 2.42 bits per heavy atom. The highest BCUT2D eigenvalue weighted by molar-refractivity contribution is 6.20. The van der Waals surface area contributed by atoms with Crippen LogP contribution in [0.15, 0.2) is 54.6 Å². The van der Waals surface area contributed by atoms with Gasteiger partial charge in [-0.2, -0.15) is 0 Å². The summed E-state index contributed by atoms with van der Waals surface area (Å²) in [6.45, 7) is 5.60. The smallest absolute Gasteiger partial charge is 0.331 e. The highest BCUT2D eigenvalue weighted by Gasteiger charge is 2.63. The van der Waals surface area contributed by atoms with Crippen LogP contribution in [-0.2, 0) is 16.0 Å². The van der Waals surface area contributed by atoms with Crippen molar-refractivity contribution in [3.05, 3.63) is 60.2 Å². The van der Waals surface area contributed by atoms with E-state index < -0.39 is 23.3 Å². The molecule has 3 heterocycles. The second kappa shape index (κ2) is 7.11. The summed E-state index contributed by atoms with van der Waals surface area (Å²) in [6.07, 6.45) is 0.286. The number of amides is 4. The molecular formula is C24H26N4O3. The Morgan fingerprint density at radius 2 is 1.68 bits per heavy atom. The number of rotatable bonds is 2. The van der Waals surface area contributed by atoms with Gasteiger partial charge in [-0.05, 0) is 44.0 Å². The first-order valence-electron chi connectivity index (χ1n) is 10.8. The van der Waals surface area contributed by atoms with Crippen molar-refractivity contribution in [3.8, 4) is 0 Å².